The number of hydrogen-bond acceptors (Lipinski definition) is 1. The third-order valence-electron chi connectivity index (χ3n) is 3.05. The molecular weight excluding hydrogens is 307 g/mol. The smallest absolute Gasteiger partial charge is 0.123 e. The van der Waals surface area contributed by atoms with Gasteiger partial charge >= 0.3 is 0 Å². The molecule has 4 heteroatoms. The predicted octanol–water partition coefficient (Wildman–Crippen LogP) is 4.36. The number of fused-ring (bicyclic) bond motifs is 1. The molecule has 0 atom stereocenters. The average Bonchev–Trinajstić information content (AvgIpc) is 2.71. The van der Waals surface area contributed by atoms with Crippen LogP contribution in [0, 0.1) is 12.7 Å². The van der Waals surface area contributed by atoms with E-state index in [9.17, 15) is 4.39 Å². The molecule has 2 aromatic carbocycles. The summed E-state index contributed by atoms with van der Waals surface area (Å²) >= 11 is 3.47. The van der Waals surface area contributed by atoms with Crippen molar-refractivity contribution in [1.29, 1.82) is 0 Å². The first-order chi connectivity index (χ1) is 9.11. The summed E-state index contributed by atoms with van der Waals surface area (Å²) in [7, 11) is 0. The number of imidazole rings is 1. The Morgan fingerprint density at radius 3 is 2.89 bits per heavy atom. The number of aromatic nitrogens is 2. The van der Waals surface area contributed by atoms with Crippen LogP contribution in [0.3, 0.4) is 0 Å². The van der Waals surface area contributed by atoms with E-state index in [0.717, 1.165) is 32.5 Å². The Labute approximate surface area is 118 Å². The summed E-state index contributed by atoms with van der Waals surface area (Å²) in [6.45, 7) is 2.03. The fourth-order valence-corrected chi connectivity index (χ4v) is 2.79. The van der Waals surface area contributed by atoms with Gasteiger partial charge in [-0.3, -0.25) is 0 Å². The Balaban J connectivity index is 2.00. The van der Waals surface area contributed by atoms with E-state index in [0.29, 0.717) is 6.42 Å². The Kier molecular flexibility index (Phi) is 3.11. The highest BCUT2D eigenvalue weighted by atomic mass is 79.9. The second-order valence-corrected chi connectivity index (χ2v) is 5.52. The molecule has 0 radical (unpaired) electrons. The van der Waals surface area contributed by atoms with Gasteiger partial charge in [-0.1, -0.05) is 28.1 Å². The molecule has 0 bridgehead atoms. The number of nitrogens with one attached hydrogen (secondary N) is 1. The van der Waals surface area contributed by atoms with E-state index in [-0.39, 0.29) is 5.82 Å². The first-order valence-corrected chi connectivity index (χ1v) is 6.80. The van der Waals surface area contributed by atoms with E-state index in [1.165, 1.54) is 12.1 Å². The maximum atomic E-state index is 13.2. The fourth-order valence-electron chi connectivity index (χ4n) is 2.22. The van der Waals surface area contributed by atoms with Gasteiger partial charge < -0.3 is 4.98 Å². The number of halogens is 2. The van der Waals surface area contributed by atoms with Crippen LogP contribution in [0.4, 0.5) is 4.39 Å². The Bertz CT molecular complexity index is 749. The number of nitrogens with zero attached hydrogens (tertiary/aromatic N) is 1. The monoisotopic (exact) mass is 318 g/mol. The number of rotatable bonds is 2. The van der Waals surface area contributed by atoms with Crippen LogP contribution in [0.1, 0.15) is 17.0 Å². The van der Waals surface area contributed by atoms with E-state index >= 15 is 0 Å². The van der Waals surface area contributed by atoms with Crippen LogP contribution in [0.15, 0.2) is 40.9 Å². The van der Waals surface area contributed by atoms with Crippen molar-refractivity contribution in [3.63, 3.8) is 0 Å². The number of aryl methyl sites for hydroxylation is 1. The second kappa shape index (κ2) is 4.78. The van der Waals surface area contributed by atoms with Gasteiger partial charge in [0.15, 0.2) is 0 Å². The SMILES string of the molecule is Cc1cc(Br)cc2[nH]c(Cc3cccc(F)c3)nc12. The van der Waals surface area contributed by atoms with Crippen LogP contribution in [-0.2, 0) is 6.42 Å². The molecule has 96 valence electrons. The van der Waals surface area contributed by atoms with E-state index in [2.05, 4.69) is 25.9 Å². The van der Waals surface area contributed by atoms with Gasteiger partial charge in [0.25, 0.3) is 0 Å². The standard InChI is InChI=1S/C15H12BrFN2/c1-9-5-11(16)8-13-15(9)19-14(18-13)7-10-3-2-4-12(17)6-10/h2-6,8H,7H2,1H3,(H,18,19). The highest BCUT2D eigenvalue weighted by Gasteiger charge is 2.07. The lowest BCUT2D eigenvalue weighted by molar-refractivity contribution is 0.626. The highest BCUT2D eigenvalue weighted by Crippen LogP contribution is 2.22. The lowest BCUT2D eigenvalue weighted by Gasteiger charge is -1.97. The van der Waals surface area contributed by atoms with Gasteiger partial charge in [-0.25, -0.2) is 9.37 Å². The Morgan fingerprint density at radius 1 is 1.26 bits per heavy atom. The molecule has 0 fully saturated rings. The topological polar surface area (TPSA) is 28.7 Å². The molecule has 19 heavy (non-hydrogen) atoms. The van der Waals surface area contributed by atoms with Gasteiger partial charge in [0.1, 0.15) is 11.6 Å². The van der Waals surface area contributed by atoms with Gasteiger partial charge in [0.05, 0.1) is 11.0 Å². The molecule has 3 aromatic rings. The van der Waals surface area contributed by atoms with Crippen molar-refractivity contribution in [2.75, 3.05) is 0 Å². The minimum atomic E-state index is -0.215. The second-order valence-electron chi connectivity index (χ2n) is 4.61. The third kappa shape index (κ3) is 2.54. The summed E-state index contributed by atoms with van der Waals surface area (Å²) in [4.78, 5) is 7.86. The zero-order chi connectivity index (χ0) is 13.4. The summed E-state index contributed by atoms with van der Waals surface area (Å²) in [5.41, 5.74) is 4.00. The third-order valence-corrected chi connectivity index (χ3v) is 3.51. The summed E-state index contributed by atoms with van der Waals surface area (Å²) in [5, 5.41) is 0. The van der Waals surface area contributed by atoms with Crippen LogP contribution in [0.25, 0.3) is 11.0 Å². The number of H-pyrrole nitrogens is 1. The van der Waals surface area contributed by atoms with Crippen LogP contribution >= 0.6 is 15.9 Å². The van der Waals surface area contributed by atoms with Crippen LogP contribution in [-0.4, -0.2) is 9.97 Å². The van der Waals surface area contributed by atoms with Crippen molar-refractivity contribution < 1.29 is 4.39 Å². The zero-order valence-corrected chi connectivity index (χ0v) is 12.0. The highest BCUT2D eigenvalue weighted by molar-refractivity contribution is 9.10. The van der Waals surface area contributed by atoms with Crippen LogP contribution in [0.2, 0.25) is 0 Å². The van der Waals surface area contributed by atoms with Gasteiger partial charge in [-0.05, 0) is 42.3 Å². The largest absolute Gasteiger partial charge is 0.342 e. The van der Waals surface area contributed by atoms with Gasteiger partial charge in [0, 0.05) is 10.9 Å². The van der Waals surface area contributed by atoms with E-state index < -0.39 is 0 Å². The molecule has 0 unspecified atom stereocenters. The Morgan fingerprint density at radius 2 is 2.11 bits per heavy atom. The molecular formula is C15H12BrFN2. The minimum absolute atomic E-state index is 0.215. The predicted molar refractivity (Wildman–Crippen MR) is 77.7 cm³/mol. The summed E-state index contributed by atoms with van der Waals surface area (Å²) in [6.07, 6.45) is 0.601. The van der Waals surface area contributed by atoms with Gasteiger partial charge in [-0.2, -0.15) is 0 Å². The van der Waals surface area contributed by atoms with Crippen molar-refractivity contribution in [2.24, 2.45) is 0 Å². The van der Waals surface area contributed by atoms with Crippen molar-refractivity contribution >= 4 is 27.0 Å². The van der Waals surface area contributed by atoms with E-state index in [1.807, 2.05) is 25.1 Å². The van der Waals surface area contributed by atoms with Crippen molar-refractivity contribution in [2.45, 2.75) is 13.3 Å². The minimum Gasteiger partial charge on any atom is -0.342 e. The maximum Gasteiger partial charge on any atom is 0.123 e. The molecule has 3 rings (SSSR count). The molecule has 0 aliphatic rings. The van der Waals surface area contributed by atoms with Crippen molar-refractivity contribution in [3.05, 3.63) is 63.6 Å². The first kappa shape index (κ1) is 12.4. The molecule has 0 spiro atoms. The molecule has 1 N–H and O–H groups in total. The molecule has 0 saturated heterocycles. The fraction of sp³-hybridized carbons (Fsp3) is 0.133. The number of benzene rings is 2. The van der Waals surface area contributed by atoms with E-state index in [1.54, 1.807) is 6.07 Å². The summed E-state index contributed by atoms with van der Waals surface area (Å²) in [6, 6.07) is 10.6. The molecule has 0 amide bonds. The van der Waals surface area contributed by atoms with Crippen LogP contribution < -0.4 is 0 Å². The molecule has 2 nitrogen and oxygen atoms in total. The average molecular weight is 319 g/mol. The van der Waals surface area contributed by atoms with Crippen molar-refractivity contribution in [1.82, 2.24) is 9.97 Å². The van der Waals surface area contributed by atoms with Crippen LogP contribution in [0.5, 0.6) is 0 Å². The van der Waals surface area contributed by atoms with E-state index in [4.69, 9.17) is 0 Å². The number of aromatic amines is 1. The summed E-state index contributed by atoms with van der Waals surface area (Å²) in [5.74, 6) is 0.634. The van der Waals surface area contributed by atoms with Gasteiger partial charge in [0.2, 0.25) is 0 Å². The van der Waals surface area contributed by atoms with Gasteiger partial charge in [-0.15, -0.1) is 0 Å². The molecule has 1 heterocycles. The quantitative estimate of drug-likeness (QED) is 0.747. The maximum absolute atomic E-state index is 13.2. The molecule has 1 aromatic heterocycles. The lowest BCUT2D eigenvalue weighted by Crippen LogP contribution is -1.91. The molecule has 0 saturated carbocycles. The first-order valence-electron chi connectivity index (χ1n) is 6.01. The zero-order valence-electron chi connectivity index (χ0n) is 10.4. The molecule has 0 aliphatic heterocycles. The molecule has 0 aliphatic carbocycles. The lowest BCUT2D eigenvalue weighted by atomic mass is 10.1. The summed E-state index contributed by atoms with van der Waals surface area (Å²) < 4.78 is 14.2. The normalized spacial score (nSPS) is 11.1. The Hall–Kier alpha value is -1.68. The van der Waals surface area contributed by atoms with Crippen molar-refractivity contribution in [3.8, 4) is 0 Å². The number of hydrogen-bond donors (Lipinski definition) is 1.